The van der Waals surface area contributed by atoms with E-state index in [0.717, 1.165) is 12.2 Å². The average molecular weight is 189 g/mol. The molecule has 1 aliphatic rings. The number of hydrogen-bond acceptors (Lipinski definition) is 3. The number of anilines is 1. The summed E-state index contributed by atoms with van der Waals surface area (Å²) in [5.74, 6) is 0.710. The molecule has 2 N–H and O–H groups in total. The third-order valence-electron chi connectivity index (χ3n) is 2.52. The molecule has 0 bridgehead atoms. The molecule has 0 amide bonds. The van der Waals surface area contributed by atoms with Crippen molar-refractivity contribution < 1.29 is 0 Å². The maximum absolute atomic E-state index is 5.85. The van der Waals surface area contributed by atoms with Crippen LogP contribution in [0.5, 0.6) is 0 Å². The molecule has 2 rings (SSSR count). The Morgan fingerprint density at radius 1 is 1.29 bits per heavy atom. The van der Waals surface area contributed by atoms with Crippen molar-refractivity contribution in [1.82, 2.24) is 0 Å². The third kappa shape index (κ3) is 1.45. The van der Waals surface area contributed by atoms with Gasteiger partial charge >= 0.3 is 0 Å². The van der Waals surface area contributed by atoms with E-state index in [2.05, 4.69) is 18.9 Å². The van der Waals surface area contributed by atoms with Crippen LogP contribution in [0.1, 0.15) is 13.8 Å². The molecule has 0 radical (unpaired) electrons. The minimum atomic E-state index is -0.0180. The van der Waals surface area contributed by atoms with Gasteiger partial charge in [-0.1, -0.05) is 32.0 Å². The van der Waals surface area contributed by atoms with Gasteiger partial charge in [-0.25, -0.2) is 0 Å². The molecule has 3 nitrogen and oxygen atoms in total. The van der Waals surface area contributed by atoms with Crippen molar-refractivity contribution >= 4 is 11.5 Å². The maximum Gasteiger partial charge on any atom is 0.127 e. The summed E-state index contributed by atoms with van der Waals surface area (Å²) in [6.45, 7) is 5.06. The number of rotatable bonds is 1. The minimum Gasteiger partial charge on any atom is -0.385 e. The van der Waals surface area contributed by atoms with Crippen LogP contribution in [0.4, 0.5) is 5.69 Å². The molecule has 14 heavy (non-hydrogen) atoms. The molecule has 0 unspecified atom stereocenters. The lowest BCUT2D eigenvalue weighted by atomic mass is 9.93. The van der Waals surface area contributed by atoms with Gasteiger partial charge in [-0.15, -0.1) is 0 Å². The molecule has 1 aliphatic heterocycles. The van der Waals surface area contributed by atoms with Crippen molar-refractivity contribution in [2.45, 2.75) is 13.8 Å². The van der Waals surface area contributed by atoms with Gasteiger partial charge in [0.1, 0.15) is 5.84 Å². The molecular formula is C11H15N3. The zero-order chi connectivity index (χ0) is 10.2. The molecule has 1 aromatic rings. The van der Waals surface area contributed by atoms with Crippen molar-refractivity contribution in [2.75, 3.05) is 11.6 Å². The normalized spacial score (nSPS) is 19.6. The molecule has 0 atom stereocenters. The molecule has 0 spiro atoms. The first kappa shape index (κ1) is 9.06. The lowest BCUT2D eigenvalue weighted by Gasteiger charge is -2.19. The van der Waals surface area contributed by atoms with Gasteiger partial charge in [0, 0.05) is 5.41 Å². The highest BCUT2D eigenvalue weighted by atomic mass is 15.5. The fourth-order valence-corrected chi connectivity index (χ4v) is 1.51. The first-order valence-electron chi connectivity index (χ1n) is 4.77. The van der Waals surface area contributed by atoms with Crippen LogP contribution in [0.3, 0.4) is 0 Å². The van der Waals surface area contributed by atoms with Gasteiger partial charge in [-0.05, 0) is 12.1 Å². The Labute approximate surface area is 84.2 Å². The van der Waals surface area contributed by atoms with E-state index in [1.54, 1.807) is 0 Å². The smallest absolute Gasteiger partial charge is 0.127 e. The van der Waals surface area contributed by atoms with Crippen LogP contribution in [0.15, 0.2) is 35.4 Å². The van der Waals surface area contributed by atoms with E-state index in [1.165, 1.54) is 0 Å². The van der Waals surface area contributed by atoms with Crippen molar-refractivity contribution in [3.63, 3.8) is 0 Å². The lowest BCUT2D eigenvalue weighted by Crippen LogP contribution is -2.32. The van der Waals surface area contributed by atoms with Crippen LogP contribution >= 0.6 is 0 Å². The summed E-state index contributed by atoms with van der Waals surface area (Å²) in [6, 6.07) is 10.1. The number of nitrogens with two attached hydrogens (primary N) is 1. The fourth-order valence-electron chi connectivity index (χ4n) is 1.51. The molecule has 0 fully saturated rings. The Bertz CT molecular complexity index is 354. The fraction of sp³-hybridized carbons (Fsp3) is 0.364. The Morgan fingerprint density at radius 2 is 1.93 bits per heavy atom. The van der Waals surface area contributed by atoms with E-state index in [0.29, 0.717) is 5.84 Å². The molecule has 0 aromatic heterocycles. The topological polar surface area (TPSA) is 41.6 Å². The molecule has 0 saturated carbocycles. The summed E-state index contributed by atoms with van der Waals surface area (Å²) in [4.78, 5) is 0. The second-order valence-corrected chi connectivity index (χ2v) is 4.26. The van der Waals surface area contributed by atoms with Gasteiger partial charge in [0.15, 0.2) is 0 Å². The standard InChI is InChI=1S/C11H15N3/c1-11(2)8-14(13-10(11)12)9-6-4-3-5-7-9/h3-7H,8H2,1-2H3,(H2,12,13). The number of hydrogen-bond donors (Lipinski definition) is 1. The van der Waals surface area contributed by atoms with Gasteiger partial charge in [-0.2, -0.15) is 5.10 Å². The summed E-state index contributed by atoms with van der Waals surface area (Å²) < 4.78 is 0. The number of nitrogens with zero attached hydrogens (tertiary/aromatic N) is 2. The highest BCUT2D eigenvalue weighted by Gasteiger charge is 2.32. The molecule has 74 valence electrons. The van der Waals surface area contributed by atoms with E-state index < -0.39 is 0 Å². The average Bonchev–Trinajstić information content (AvgIpc) is 2.43. The number of hydrazone groups is 1. The molecular weight excluding hydrogens is 174 g/mol. The highest BCUT2D eigenvalue weighted by Crippen LogP contribution is 2.28. The van der Waals surface area contributed by atoms with Gasteiger partial charge in [0.2, 0.25) is 0 Å². The largest absolute Gasteiger partial charge is 0.385 e. The van der Waals surface area contributed by atoms with Crippen molar-refractivity contribution in [3.05, 3.63) is 30.3 Å². The number of benzene rings is 1. The molecule has 3 heteroatoms. The number of para-hydroxylation sites is 1. The van der Waals surface area contributed by atoms with Crippen LogP contribution in [0.25, 0.3) is 0 Å². The molecule has 0 aliphatic carbocycles. The Balaban J connectivity index is 2.26. The third-order valence-corrected chi connectivity index (χ3v) is 2.52. The van der Waals surface area contributed by atoms with Crippen LogP contribution in [0.2, 0.25) is 0 Å². The van der Waals surface area contributed by atoms with E-state index in [-0.39, 0.29) is 5.41 Å². The van der Waals surface area contributed by atoms with Gasteiger partial charge < -0.3 is 5.73 Å². The Morgan fingerprint density at radius 3 is 2.43 bits per heavy atom. The minimum absolute atomic E-state index is 0.0180. The van der Waals surface area contributed by atoms with Crippen molar-refractivity contribution in [3.8, 4) is 0 Å². The quantitative estimate of drug-likeness (QED) is 0.732. The first-order chi connectivity index (χ1) is 6.59. The second kappa shape index (κ2) is 3.01. The summed E-state index contributed by atoms with van der Waals surface area (Å²) in [5.41, 5.74) is 6.93. The van der Waals surface area contributed by atoms with Crippen LogP contribution in [-0.4, -0.2) is 12.4 Å². The van der Waals surface area contributed by atoms with Crippen LogP contribution in [-0.2, 0) is 0 Å². The molecule has 1 heterocycles. The van der Waals surface area contributed by atoms with E-state index >= 15 is 0 Å². The predicted octanol–water partition coefficient (Wildman–Crippen LogP) is 1.81. The van der Waals surface area contributed by atoms with E-state index in [1.807, 2.05) is 35.3 Å². The van der Waals surface area contributed by atoms with Crippen molar-refractivity contribution in [2.24, 2.45) is 16.3 Å². The van der Waals surface area contributed by atoms with Gasteiger partial charge in [0.25, 0.3) is 0 Å². The first-order valence-corrected chi connectivity index (χ1v) is 4.77. The number of amidine groups is 1. The van der Waals surface area contributed by atoms with E-state index in [4.69, 9.17) is 5.73 Å². The second-order valence-electron chi connectivity index (χ2n) is 4.26. The summed E-state index contributed by atoms with van der Waals surface area (Å²) in [5, 5.41) is 6.29. The van der Waals surface area contributed by atoms with Crippen LogP contribution in [0, 0.1) is 5.41 Å². The summed E-state index contributed by atoms with van der Waals surface area (Å²) in [6.07, 6.45) is 0. The van der Waals surface area contributed by atoms with Crippen LogP contribution < -0.4 is 10.7 Å². The maximum atomic E-state index is 5.85. The summed E-state index contributed by atoms with van der Waals surface area (Å²) in [7, 11) is 0. The highest BCUT2D eigenvalue weighted by molar-refractivity contribution is 5.89. The Kier molecular flexibility index (Phi) is 1.95. The predicted molar refractivity (Wildman–Crippen MR) is 59.2 cm³/mol. The SMILES string of the molecule is CC1(C)CN(c2ccccc2)N=C1N. The van der Waals surface area contributed by atoms with Crippen molar-refractivity contribution in [1.29, 1.82) is 0 Å². The monoisotopic (exact) mass is 189 g/mol. The lowest BCUT2D eigenvalue weighted by molar-refractivity contribution is 0.548. The molecule has 1 aromatic carbocycles. The Hall–Kier alpha value is -1.51. The van der Waals surface area contributed by atoms with Gasteiger partial charge in [-0.3, -0.25) is 5.01 Å². The zero-order valence-corrected chi connectivity index (χ0v) is 8.57. The summed E-state index contributed by atoms with van der Waals surface area (Å²) >= 11 is 0. The zero-order valence-electron chi connectivity index (χ0n) is 8.57. The van der Waals surface area contributed by atoms with Gasteiger partial charge in [0.05, 0.1) is 12.2 Å². The molecule has 0 saturated heterocycles. The van der Waals surface area contributed by atoms with E-state index in [9.17, 15) is 0 Å².